The molecule has 0 radical (unpaired) electrons. The summed E-state index contributed by atoms with van der Waals surface area (Å²) in [5.74, 6) is 0. The van der Waals surface area contributed by atoms with Crippen molar-refractivity contribution in [2.24, 2.45) is 0 Å². The Bertz CT molecular complexity index is 248. The summed E-state index contributed by atoms with van der Waals surface area (Å²) in [6, 6.07) is 2.64. The highest BCUT2D eigenvalue weighted by Gasteiger charge is 2.14. The standard InChI is InChI=1S/C9H15N3/c1-8-4-6-12(11-8)9-3-2-5-10-7-9/h4,6,9-10H,2-3,5,7H2,1H3/t9-/m1/s1. The number of aryl methyl sites for hydroxylation is 1. The van der Waals surface area contributed by atoms with Gasteiger partial charge in [0.05, 0.1) is 11.7 Å². The van der Waals surface area contributed by atoms with Gasteiger partial charge >= 0.3 is 0 Å². The predicted octanol–water partition coefficient (Wildman–Crippen LogP) is 1.12. The normalized spacial score (nSPS) is 24.2. The molecule has 0 unspecified atom stereocenters. The van der Waals surface area contributed by atoms with Crippen LogP contribution in [0.15, 0.2) is 12.3 Å². The van der Waals surface area contributed by atoms with Gasteiger partial charge < -0.3 is 5.32 Å². The van der Waals surface area contributed by atoms with Gasteiger partial charge in [-0.25, -0.2) is 0 Å². The highest BCUT2D eigenvalue weighted by atomic mass is 15.3. The van der Waals surface area contributed by atoms with Crippen molar-refractivity contribution in [3.63, 3.8) is 0 Å². The summed E-state index contributed by atoms with van der Waals surface area (Å²) in [5, 5.41) is 7.79. The molecule has 1 fully saturated rings. The van der Waals surface area contributed by atoms with Crippen LogP contribution >= 0.6 is 0 Å². The van der Waals surface area contributed by atoms with Gasteiger partial charge in [0.25, 0.3) is 0 Å². The molecule has 2 rings (SSSR count). The Kier molecular flexibility index (Phi) is 2.13. The summed E-state index contributed by atoms with van der Waals surface area (Å²) in [5.41, 5.74) is 1.11. The first-order valence-electron chi connectivity index (χ1n) is 4.59. The largest absolute Gasteiger partial charge is 0.315 e. The maximum absolute atomic E-state index is 4.41. The number of hydrogen-bond donors (Lipinski definition) is 1. The first-order chi connectivity index (χ1) is 5.86. The molecule has 0 amide bonds. The second kappa shape index (κ2) is 3.27. The smallest absolute Gasteiger partial charge is 0.0644 e. The highest BCUT2D eigenvalue weighted by Crippen LogP contribution is 2.15. The molecule has 0 aliphatic carbocycles. The van der Waals surface area contributed by atoms with E-state index in [1.165, 1.54) is 12.8 Å². The lowest BCUT2D eigenvalue weighted by Crippen LogP contribution is -2.31. The van der Waals surface area contributed by atoms with Crippen molar-refractivity contribution in [2.45, 2.75) is 25.8 Å². The van der Waals surface area contributed by atoms with E-state index in [4.69, 9.17) is 0 Å². The Morgan fingerprint density at radius 1 is 1.67 bits per heavy atom. The van der Waals surface area contributed by atoms with Crippen LogP contribution < -0.4 is 5.32 Å². The Morgan fingerprint density at radius 2 is 2.58 bits per heavy atom. The zero-order valence-electron chi connectivity index (χ0n) is 7.45. The number of nitrogens with one attached hydrogen (secondary N) is 1. The van der Waals surface area contributed by atoms with E-state index in [1.54, 1.807) is 0 Å². The lowest BCUT2D eigenvalue weighted by atomic mass is 10.1. The molecule has 0 aromatic carbocycles. The van der Waals surface area contributed by atoms with Gasteiger partial charge in [0.1, 0.15) is 0 Å². The average Bonchev–Trinajstić information content (AvgIpc) is 2.54. The molecule has 1 N–H and O–H groups in total. The van der Waals surface area contributed by atoms with Crippen LogP contribution in [0.1, 0.15) is 24.6 Å². The van der Waals surface area contributed by atoms with Crippen LogP contribution in [0.2, 0.25) is 0 Å². The van der Waals surface area contributed by atoms with E-state index in [-0.39, 0.29) is 0 Å². The minimum absolute atomic E-state index is 0.576. The van der Waals surface area contributed by atoms with E-state index in [0.29, 0.717) is 6.04 Å². The van der Waals surface area contributed by atoms with Crippen molar-refractivity contribution in [3.8, 4) is 0 Å². The molecule has 12 heavy (non-hydrogen) atoms. The third-order valence-electron chi connectivity index (χ3n) is 2.39. The van der Waals surface area contributed by atoms with Crippen LogP contribution in [0.25, 0.3) is 0 Å². The maximum Gasteiger partial charge on any atom is 0.0644 e. The minimum Gasteiger partial charge on any atom is -0.315 e. The van der Waals surface area contributed by atoms with Crippen LogP contribution in [0.5, 0.6) is 0 Å². The molecule has 1 aliphatic heterocycles. The van der Waals surface area contributed by atoms with Crippen molar-refractivity contribution >= 4 is 0 Å². The molecule has 3 nitrogen and oxygen atoms in total. The summed E-state index contributed by atoms with van der Waals surface area (Å²) < 4.78 is 2.08. The van der Waals surface area contributed by atoms with Crippen molar-refractivity contribution in [1.29, 1.82) is 0 Å². The molecule has 3 heteroatoms. The Morgan fingerprint density at radius 3 is 3.17 bits per heavy atom. The fourth-order valence-electron chi connectivity index (χ4n) is 1.70. The van der Waals surface area contributed by atoms with Gasteiger partial charge in [0.2, 0.25) is 0 Å². The molecule has 1 aliphatic rings. The predicted molar refractivity (Wildman–Crippen MR) is 48.1 cm³/mol. The first kappa shape index (κ1) is 7.80. The van der Waals surface area contributed by atoms with Crippen molar-refractivity contribution in [3.05, 3.63) is 18.0 Å². The van der Waals surface area contributed by atoms with E-state index < -0.39 is 0 Å². The zero-order valence-corrected chi connectivity index (χ0v) is 7.45. The number of hydrogen-bond acceptors (Lipinski definition) is 2. The molecule has 0 saturated carbocycles. The van der Waals surface area contributed by atoms with Gasteiger partial charge in [-0.05, 0) is 32.4 Å². The van der Waals surface area contributed by atoms with E-state index in [1.807, 2.05) is 6.92 Å². The van der Waals surface area contributed by atoms with Gasteiger partial charge in [-0.2, -0.15) is 5.10 Å². The monoisotopic (exact) mass is 165 g/mol. The van der Waals surface area contributed by atoms with Crippen molar-refractivity contribution in [2.75, 3.05) is 13.1 Å². The van der Waals surface area contributed by atoms with E-state index >= 15 is 0 Å². The number of piperidine rings is 1. The Labute approximate surface area is 72.8 Å². The van der Waals surface area contributed by atoms with Crippen LogP contribution in [0.3, 0.4) is 0 Å². The first-order valence-corrected chi connectivity index (χ1v) is 4.59. The molecule has 1 aromatic heterocycles. The second-order valence-corrected chi connectivity index (χ2v) is 3.44. The summed E-state index contributed by atoms with van der Waals surface area (Å²) >= 11 is 0. The topological polar surface area (TPSA) is 29.9 Å². The SMILES string of the molecule is Cc1ccn([C@@H]2CCCNC2)n1. The third-order valence-corrected chi connectivity index (χ3v) is 2.39. The Balaban J connectivity index is 2.08. The number of aromatic nitrogens is 2. The Hall–Kier alpha value is -0.830. The van der Waals surface area contributed by atoms with Gasteiger partial charge in [0.15, 0.2) is 0 Å². The van der Waals surface area contributed by atoms with Crippen LogP contribution in [-0.4, -0.2) is 22.9 Å². The zero-order chi connectivity index (χ0) is 8.39. The fourth-order valence-corrected chi connectivity index (χ4v) is 1.70. The van der Waals surface area contributed by atoms with Crippen molar-refractivity contribution < 1.29 is 0 Å². The highest BCUT2D eigenvalue weighted by molar-refractivity contribution is 4.96. The van der Waals surface area contributed by atoms with Gasteiger partial charge in [-0.3, -0.25) is 4.68 Å². The van der Waals surface area contributed by atoms with Crippen LogP contribution in [0, 0.1) is 6.92 Å². The van der Waals surface area contributed by atoms with Crippen LogP contribution in [-0.2, 0) is 0 Å². The lowest BCUT2D eigenvalue weighted by Gasteiger charge is -2.22. The van der Waals surface area contributed by atoms with E-state index in [0.717, 1.165) is 18.8 Å². The summed E-state index contributed by atoms with van der Waals surface area (Å²) in [6.07, 6.45) is 4.60. The molecule has 66 valence electrons. The minimum atomic E-state index is 0.576. The quantitative estimate of drug-likeness (QED) is 0.675. The molecule has 0 bridgehead atoms. The fraction of sp³-hybridized carbons (Fsp3) is 0.667. The summed E-state index contributed by atoms with van der Waals surface area (Å²) in [6.45, 7) is 4.27. The molecule has 2 heterocycles. The molecule has 0 spiro atoms. The van der Waals surface area contributed by atoms with Gasteiger partial charge in [0, 0.05) is 12.7 Å². The molecular formula is C9H15N3. The lowest BCUT2D eigenvalue weighted by molar-refractivity contribution is 0.346. The second-order valence-electron chi connectivity index (χ2n) is 3.44. The molecular weight excluding hydrogens is 150 g/mol. The summed E-state index contributed by atoms with van der Waals surface area (Å²) in [7, 11) is 0. The average molecular weight is 165 g/mol. The van der Waals surface area contributed by atoms with Crippen LogP contribution in [0.4, 0.5) is 0 Å². The molecule has 1 saturated heterocycles. The third kappa shape index (κ3) is 1.50. The van der Waals surface area contributed by atoms with E-state index in [9.17, 15) is 0 Å². The van der Waals surface area contributed by atoms with E-state index in [2.05, 4.69) is 27.4 Å². The van der Waals surface area contributed by atoms with Gasteiger partial charge in [-0.1, -0.05) is 0 Å². The summed E-state index contributed by atoms with van der Waals surface area (Å²) in [4.78, 5) is 0. The maximum atomic E-state index is 4.41. The number of rotatable bonds is 1. The van der Waals surface area contributed by atoms with Crippen molar-refractivity contribution in [1.82, 2.24) is 15.1 Å². The molecule has 1 aromatic rings. The molecule has 1 atom stereocenters. The number of nitrogens with zero attached hydrogens (tertiary/aromatic N) is 2. The van der Waals surface area contributed by atoms with Gasteiger partial charge in [-0.15, -0.1) is 0 Å².